The van der Waals surface area contributed by atoms with Crippen molar-refractivity contribution in [2.24, 2.45) is 5.73 Å². The molecule has 0 spiro atoms. The Kier molecular flexibility index (Phi) is 6.25. The van der Waals surface area contributed by atoms with Gasteiger partial charge in [-0.3, -0.25) is 0 Å². The van der Waals surface area contributed by atoms with Gasteiger partial charge in [0, 0.05) is 32.4 Å². The van der Waals surface area contributed by atoms with E-state index in [1.807, 2.05) is 6.20 Å². The van der Waals surface area contributed by atoms with Crippen LogP contribution in [0, 0.1) is 6.92 Å². The van der Waals surface area contributed by atoms with E-state index in [0.29, 0.717) is 0 Å². The van der Waals surface area contributed by atoms with E-state index in [-0.39, 0.29) is 6.04 Å². The highest BCUT2D eigenvalue weighted by Gasteiger charge is 2.09. The fourth-order valence-corrected chi connectivity index (χ4v) is 2.04. The van der Waals surface area contributed by atoms with Gasteiger partial charge in [0.15, 0.2) is 0 Å². The SMILES string of the molecule is CCC(N)Cc1cnc(N(C)CCN(C)C)c(C)c1. The molecule has 1 aromatic rings. The third kappa shape index (κ3) is 5.17. The summed E-state index contributed by atoms with van der Waals surface area (Å²) in [6, 6.07) is 2.45. The molecular weight excluding hydrogens is 236 g/mol. The average molecular weight is 264 g/mol. The Hall–Kier alpha value is -1.13. The second kappa shape index (κ2) is 7.46. The van der Waals surface area contributed by atoms with Crippen LogP contribution >= 0.6 is 0 Å². The van der Waals surface area contributed by atoms with Gasteiger partial charge in [-0.15, -0.1) is 0 Å². The minimum Gasteiger partial charge on any atom is -0.358 e. The molecule has 4 nitrogen and oxygen atoms in total. The fraction of sp³-hybridized carbons (Fsp3) is 0.667. The first-order chi connectivity index (χ1) is 8.93. The van der Waals surface area contributed by atoms with Gasteiger partial charge in [-0.2, -0.15) is 0 Å². The van der Waals surface area contributed by atoms with Crippen molar-refractivity contribution in [3.8, 4) is 0 Å². The summed E-state index contributed by atoms with van der Waals surface area (Å²) in [5.41, 5.74) is 8.45. The van der Waals surface area contributed by atoms with Gasteiger partial charge in [0.05, 0.1) is 0 Å². The summed E-state index contributed by atoms with van der Waals surface area (Å²) in [4.78, 5) is 8.98. The van der Waals surface area contributed by atoms with Crippen LogP contribution in [0.25, 0.3) is 0 Å². The Morgan fingerprint density at radius 3 is 2.47 bits per heavy atom. The molecular formula is C15H28N4. The van der Waals surface area contributed by atoms with Gasteiger partial charge in [-0.1, -0.05) is 13.0 Å². The van der Waals surface area contributed by atoms with E-state index in [2.05, 4.69) is 55.8 Å². The Morgan fingerprint density at radius 1 is 1.26 bits per heavy atom. The van der Waals surface area contributed by atoms with E-state index in [4.69, 9.17) is 5.73 Å². The number of aromatic nitrogens is 1. The van der Waals surface area contributed by atoms with E-state index in [1.165, 1.54) is 11.1 Å². The van der Waals surface area contributed by atoms with Gasteiger partial charge in [0.2, 0.25) is 0 Å². The van der Waals surface area contributed by atoms with Crippen LogP contribution < -0.4 is 10.6 Å². The van der Waals surface area contributed by atoms with E-state index in [9.17, 15) is 0 Å². The molecule has 0 aliphatic carbocycles. The van der Waals surface area contributed by atoms with E-state index < -0.39 is 0 Å². The maximum Gasteiger partial charge on any atom is 0.131 e. The molecule has 0 saturated heterocycles. The molecule has 1 rings (SSSR count). The van der Waals surface area contributed by atoms with Crippen molar-refractivity contribution < 1.29 is 0 Å². The van der Waals surface area contributed by atoms with Crippen molar-refractivity contribution in [2.45, 2.75) is 32.7 Å². The lowest BCUT2D eigenvalue weighted by molar-refractivity contribution is 0.416. The third-order valence-corrected chi connectivity index (χ3v) is 3.37. The lowest BCUT2D eigenvalue weighted by Gasteiger charge is -2.22. The molecule has 19 heavy (non-hydrogen) atoms. The molecule has 0 radical (unpaired) electrons. The number of rotatable bonds is 7. The van der Waals surface area contributed by atoms with Gasteiger partial charge < -0.3 is 15.5 Å². The first-order valence-corrected chi connectivity index (χ1v) is 7.01. The molecule has 0 fully saturated rings. The van der Waals surface area contributed by atoms with Crippen molar-refractivity contribution >= 4 is 5.82 Å². The van der Waals surface area contributed by atoms with Gasteiger partial charge in [0.25, 0.3) is 0 Å². The maximum absolute atomic E-state index is 5.99. The molecule has 0 aromatic carbocycles. The number of nitrogens with two attached hydrogens (primary N) is 1. The lowest BCUT2D eigenvalue weighted by Crippen LogP contribution is -2.29. The highest BCUT2D eigenvalue weighted by atomic mass is 15.2. The summed E-state index contributed by atoms with van der Waals surface area (Å²) in [5.74, 6) is 1.07. The summed E-state index contributed by atoms with van der Waals surface area (Å²) < 4.78 is 0. The third-order valence-electron chi connectivity index (χ3n) is 3.37. The molecule has 4 heteroatoms. The molecule has 0 saturated carbocycles. The molecule has 1 unspecified atom stereocenters. The normalized spacial score (nSPS) is 12.8. The molecule has 108 valence electrons. The number of hydrogen-bond acceptors (Lipinski definition) is 4. The highest BCUT2D eigenvalue weighted by Crippen LogP contribution is 2.17. The van der Waals surface area contributed by atoms with Crippen LogP contribution in [0.5, 0.6) is 0 Å². The number of pyridine rings is 1. The van der Waals surface area contributed by atoms with Gasteiger partial charge in [-0.25, -0.2) is 4.98 Å². The largest absolute Gasteiger partial charge is 0.358 e. The number of aryl methyl sites for hydroxylation is 1. The van der Waals surface area contributed by atoms with Gasteiger partial charge in [-0.05, 0) is 45.0 Å². The minimum absolute atomic E-state index is 0.235. The second-order valence-electron chi connectivity index (χ2n) is 5.58. The van der Waals surface area contributed by atoms with Crippen molar-refractivity contribution in [2.75, 3.05) is 39.1 Å². The topological polar surface area (TPSA) is 45.4 Å². The zero-order valence-electron chi connectivity index (χ0n) is 13.0. The van der Waals surface area contributed by atoms with Crippen LogP contribution in [0.4, 0.5) is 5.82 Å². The van der Waals surface area contributed by atoms with Gasteiger partial charge >= 0.3 is 0 Å². The number of anilines is 1. The van der Waals surface area contributed by atoms with Crippen LogP contribution in [0.1, 0.15) is 24.5 Å². The molecule has 2 N–H and O–H groups in total. The first kappa shape index (κ1) is 15.9. The molecule has 0 aliphatic rings. The van der Waals surface area contributed by atoms with Gasteiger partial charge in [0.1, 0.15) is 5.82 Å². The van der Waals surface area contributed by atoms with E-state index >= 15 is 0 Å². The first-order valence-electron chi connectivity index (χ1n) is 7.01. The maximum atomic E-state index is 5.99. The summed E-state index contributed by atoms with van der Waals surface area (Å²) in [7, 11) is 6.27. The van der Waals surface area contributed by atoms with E-state index in [1.54, 1.807) is 0 Å². The van der Waals surface area contributed by atoms with Crippen molar-refractivity contribution in [1.82, 2.24) is 9.88 Å². The Balaban J connectivity index is 2.71. The minimum atomic E-state index is 0.235. The van der Waals surface area contributed by atoms with Crippen LogP contribution in [0.2, 0.25) is 0 Å². The Morgan fingerprint density at radius 2 is 1.95 bits per heavy atom. The van der Waals surface area contributed by atoms with Crippen LogP contribution in [-0.4, -0.2) is 50.2 Å². The second-order valence-corrected chi connectivity index (χ2v) is 5.58. The number of nitrogens with zero attached hydrogens (tertiary/aromatic N) is 3. The highest BCUT2D eigenvalue weighted by molar-refractivity contribution is 5.46. The molecule has 0 aliphatic heterocycles. The molecule has 1 aromatic heterocycles. The number of hydrogen-bond donors (Lipinski definition) is 1. The van der Waals surface area contributed by atoms with Crippen molar-refractivity contribution in [1.29, 1.82) is 0 Å². The average Bonchev–Trinajstić information content (AvgIpc) is 2.35. The van der Waals surface area contributed by atoms with Crippen LogP contribution in [0.3, 0.4) is 0 Å². The van der Waals surface area contributed by atoms with E-state index in [0.717, 1.165) is 31.7 Å². The smallest absolute Gasteiger partial charge is 0.131 e. The van der Waals surface area contributed by atoms with Crippen molar-refractivity contribution in [3.63, 3.8) is 0 Å². The molecule has 0 bridgehead atoms. The summed E-state index contributed by atoms with van der Waals surface area (Å²) in [6.45, 7) is 6.25. The quantitative estimate of drug-likeness (QED) is 0.813. The summed E-state index contributed by atoms with van der Waals surface area (Å²) in [6.07, 6.45) is 3.87. The van der Waals surface area contributed by atoms with Crippen molar-refractivity contribution in [3.05, 3.63) is 23.4 Å². The molecule has 1 heterocycles. The molecule has 1 atom stereocenters. The number of likely N-dealkylation sites (N-methyl/N-ethyl adjacent to an activating group) is 2. The predicted molar refractivity (Wildman–Crippen MR) is 82.8 cm³/mol. The molecule has 0 amide bonds. The zero-order valence-corrected chi connectivity index (χ0v) is 13.0. The monoisotopic (exact) mass is 264 g/mol. The lowest BCUT2D eigenvalue weighted by atomic mass is 10.0. The Bertz CT molecular complexity index is 390. The zero-order chi connectivity index (χ0) is 14.4. The fourth-order valence-electron chi connectivity index (χ4n) is 2.04. The summed E-state index contributed by atoms with van der Waals surface area (Å²) in [5, 5.41) is 0. The Labute approximate surface area is 117 Å². The summed E-state index contributed by atoms with van der Waals surface area (Å²) >= 11 is 0. The van der Waals surface area contributed by atoms with Crippen LogP contribution in [-0.2, 0) is 6.42 Å². The van der Waals surface area contributed by atoms with Crippen LogP contribution in [0.15, 0.2) is 12.3 Å². The standard InChI is InChI=1S/C15H28N4/c1-6-14(16)10-13-9-12(2)15(17-11-13)19(5)8-7-18(3)4/h9,11,14H,6-8,10,16H2,1-5H3. The predicted octanol–water partition coefficient (Wildman–Crippen LogP) is 1.67.